The van der Waals surface area contributed by atoms with Crippen LogP contribution in [0.15, 0.2) is 29.6 Å². The number of hydrogen-bond acceptors (Lipinski definition) is 4. The van der Waals surface area contributed by atoms with Gasteiger partial charge in [-0.3, -0.25) is 4.68 Å². The number of fused-ring (bicyclic) bond motifs is 1. The van der Waals surface area contributed by atoms with E-state index in [0.717, 1.165) is 36.8 Å². The summed E-state index contributed by atoms with van der Waals surface area (Å²) in [6.07, 6.45) is 4.01. The summed E-state index contributed by atoms with van der Waals surface area (Å²) >= 11 is 0. The Kier molecular flexibility index (Phi) is 2.60. The lowest BCUT2D eigenvalue weighted by Gasteiger charge is -2.23. The molecule has 5 heteroatoms. The highest BCUT2D eigenvalue weighted by Crippen LogP contribution is 2.26. The fraction of sp³-hybridized carbons (Fsp3) is 0.417. The van der Waals surface area contributed by atoms with Crippen LogP contribution >= 0.6 is 0 Å². The Hall–Kier alpha value is -1.75. The highest BCUT2D eigenvalue weighted by molar-refractivity contribution is 5.81. The molecule has 88 valence electrons. The van der Waals surface area contributed by atoms with Crippen molar-refractivity contribution in [2.24, 2.45) is 5.18 Å². The Labute approximate surface area is 98.8 Å². The Morgan fingerprint density at radius 1 is 1.35 bits per heavy atom. The molecule has 0 bridgehead atoms. The first-order chi connectivity index (χ1) is 8.38. The summed E-state index contributed by atoms with van der Waals surface area (Å²) in [4.78, 5) is 10.6. The number of hydrogen-bond donors (Lipinski definition) is 1. The number of benzene rings is 1. The van der Waals surface area contributed by atoms with E-state index < -0.39 is 0 Å². The van der Waals surface area contributed by atoms with E-state index in [9.17, 15) is 4.91 Å². The van der Waals surface area contributed by atoms with Gasteiger partial charge >= 0.3 is 0 Å². The maximum atomic E-state index is 10.6. The van der Waals surface area contributed by atoms with Gasteiger partial charge in [-0.15, -0.1) is 4.91 Å². The van der Waals surface area contributed by atoms with E-state index in [2.05, 4.69) is 15.6 Å². The van der Waals surface area contributed by atoms with Crippen LogP contribution in [0.3, 0.4) is 0 Å². The minimum Gasteiger partial charge on any atom is -0.317 e. The van der Waals surface area contributed by atoms with E-state index in [-0.39, 0.29) is 0 Å². The van der Waals surface area contributed by atoms with Crippen LogP contribution in [-0.4, -0.2) is 22.9 Å². The second kappa shape index (κ2) is 4.25. The molecule has 0 atom stereocenters. The fourth-order valence-corrected chi connectivity index (χ4v) is 2.43. The zero-order chi connectivity index (χ0) is 11.7. The largest absolute Gasteiger partial charge is 0.317 e. The van der Waals surface area contributed by atoms with Crippen LogP contribution in [0.1, 0.15) is 18.9 Å². The summed E-state index contributed by atoms with van der Waals surface area (Å²) in [7, 11) is 0. The summed E-state index contributed by atoms with van der Waals surface area (Å²) in [5, 5.41) is 11.8. The van der Waals surface area contributed by atoms with E-state index in [1.54, 1.807) is 6.07 Å². The third kappa shape index (κ3) is 1.82. The van der Waals surface area contributed by atoms with E-state index >= 15 is 0 Å². The molecular weight excluding hydrogens is 216 g/mol. The SMILES string of the molecule is O=Nc1ccc2cnn(C3CCNCC3)c2c1. The van der Waals surface area contributed by atoms with Crippen LogP contribution < -0.4 is 5.32 Å². The minimum atomic E-state index is 0.427. The molecule has 0 saturated carbocycles. The second-order valence-corrected chi connectivity index (χ2v) is 4.40. The molecular formula is C12H14N4O. The highest BCUT2D eigenvalue weighted by Gasteiger charge is 2.17. The van der Waals surface area contributed by atoms with Gasteiger partial charge in [0.15, 0.2) is 0 Å². The first-order valence-corrected chi connectivity index (χ1v) is 5.90. The predicted molar refractivity (Wildman–Crippen MR) is 66.3 cm³/mol. The average molecular weight is 230 g/mol. The summed E-state index contributed by atoms with van der Waals surface area (Å²) in [5.41, 5.74) is 1.47. The molecule has 1 aromatic heterocycles. The predicted octanol–water partition coefficient (Wildman–Crippen LogP) is 2.36. The van der Waals surface area contributed by atoms with Gasteiger partial charge in [-0.05, 0) is 49.3 Å². The van der Waals surface area contributed by atoms with Gasteiger partial charge in [-0.2, -0.15) is 5.10 Å². The summed E-state index contributed by atoms with van der Waals surface area (Å²) in [5.74, 6) is 0. The molecule has 1 saturated heterocycles. The van der Waals surface area contributed by atoms with Gasteiger partial charge in [-0.25, -0.2) is 0 Å². The maximum absolute atomic E-state index is 10.6. The third-order valence-corrected chi connectivity index (χ3v) is 3.34. The number of aromatic nitrogens is 2. The van der Waals surface area contributed by atoms with Crippen LogP contribution in [0, 0.1) is 4.91 Å². The smallest absolute Gasteiger partial charge is 0.110 e. The zero-order valence-corrected chi connectivity index (χ0v) is 9.47. The van der Waals surface area contributed by atoms with Gasteiger partial charge in [0.25, 0.3) is 0 Å². The molecule has 1 aromatic carbocycles. The molecule has 1 N–H and O–H groups in total. The van der Waals surface area contributed by atoms with Crippen LogP contribution in [0.2, 0.25) is 0 Å². The number of rotatable bonds is 2. The van der Waals surface area contributed by atoms with Crippen molar-refractivity contribution >= 4 is 16.6 Å². The number of nitrogens with one attached hydrogen (secondary N) is 1. The number of nitroso groups, excluding NO2 is 1. The van der Waals surface area contributed by atoms with Crippen molar-refractivity contribution in [2.45, 2.75) is 18.9 Å². The quantitative estimate of drug-likeness (QED) is 0.806. The molecule has 2 aromatic rings. The zero-order valence-electron chi connectivity index (χ0n) is 9.47. The first-order valence-electron chi connectivity index (χ1n) is 5.90. The first kappa shape index (κ1) is 10.4. The van der Waals surface area contributed by atoms with E-state index in [0.29, 0.717) is 11.7 Å². The molecule has 3 rings (SSSR count). The standard InChI is InChI=1S/C12H14N4O/c17-15-10-2-1-9-8-14-16(12(9)7-10)11-3-5-13-6-4-11/h1-2,7-8,11,13H,3-6H2. The lowest BCUT2D eigenvalue weighted by Crippen LogP contribution is -2.29. The third-order valence-electron chi connectivity index (χ3n) is 3.34. The Bertz CT molecular complexity index is 542. The molecule has 1 aliphatic heterocycles. The summed E-state index contributed by atoms with van der Waals surface area (Å²) in [6, 6.07) is 5.87. The molecule has 1 aliphatic rings. The van der Waals surface area contributed by atoms with Gasteiger partial charge < -0.3 is 5.32 Å². The normalized spacial score (nSPS) is 17.4. The van der Waals surface area contributed by atoms with E-state index in [1.807, 2.05) is 23.0 Å². The van der Waals surface area contributed by atoms with Gasteiger partial charge in [0.2, 0.25) is 0 Å². The van der Waals surface area contributed by atoms with Crippen molar-refractivity contribution in [3.63, 3.8) is 0 Å². The fourth-order valence-electron chi connectivity index (χ4n) is 2.43. The average Bonchev–Trinajstić information content (AvgIpc) is 2.82. The Morgan fingerprint density at radius 2 is 2.18 bits per heavy atom. The van der Waals surface area contributed by atoms with Gasteiger partial charge in [0, 0.05) is 5.39 Å². The lowest BCUT2D eigenvalue weighted by molar-refractivity contribution is 0.351. The van der Waals surface area contributed by atoms with Crippen molar-refractivity contribution in [3.8, 4) is 0 Å². The lowest BCUT2D eigenvalue weighted by atomic mass is 10.1. The Morgan fingerprint density at radius 3 is 2.94 bits per heavy atom. The van der Waals surface area contributed by atoms with Gasteiger partial charge in [-0.1, -0.05) is 0 Å². The monoisotopic (exact) mass is 230 g/mol. The number of piperidine rings is 1. The Balaban J connectivity index is 2.05. The molecule has 2 heterocycles. The van der Waals surface area contributed by atoms with Crippen LogP contribution in [-0.2, 0) is 0 Å². The molecule has 1 fully saturated rings. The molecule has 17 heavy (non-hydrogen) atoms. The van der Waals surface area contributed by atoms with Crippen molar-refractivity contribution in [1.82, 2.24) is 15.1 Å². The molecule has 5 nitrogen and oxygen atoms in total. The van der Waals surface area contributed by atoms with Crippen LogP contribution in [0.4, 0.5) is 5.69 Å². The maximum Gasteiger partial charge on any atom is 0.110 e. The van der Waals surface area contributed by atoms with Crippen molar-refractivity contribution < 1.29 is 0 Å². The van der Waals surface area contributed by atoms with Gasteiger partial charge in [0.05, 0.1) is 17.8 Å². The number of nitrogens with zero attached hydrogens (tertiary/aromatic N) is 3. The molecule has 0 amide bonds. The molecule has 0 radical (unpaired) electrons. The molecule has 0 aliphatic carbocycles. The van der Waals surface area contributed by atoms with E-state index in [4.69, 9.17) is 0 Å². The molecule has 0 spiro atoms. The second-order valence-electron chi connectivity index (χ2n) is 4.40. The minimum absolute atomic E-state index is 0.427. The highest BCUT2D eigenvalue weighted by atomic mass is 16.3. The van der Waals surface area contributed by atoms with Gasteiger partial charge in [0.1, 0.15) is 5.69 Å². The van der Waals surface area contributed by atoms with Crippen molar-refractivity contribution in [2.75, 3.05) is 13.1 Å². The van der Waals surface area contributed by atoms with Crippen molar-refractivity contribution in [3.05, 3.63) is 29.3 Å². The van der Waals surface area contributed by atoms with Crippen LogP contribution in [0.5, 0.6) is 0 Å². The van der Waals surface area contributed by atoms with Crippen molar-refractivity contribution in [1.29, 1.82) is 0 Å². The topological polar surface area (TPSA) is 59.3 Å². The van der Waals surface area contributed by atoms with E-state index in [1.165, 1.54) is 0 Å². The summed E-state index contributed by atoms with van der Waals surface area (Å²) < 4.78 is 2.03. The van der Waals surface area contributed by atoms with Crippen LogP contribution in [0.25, 0.3) is 10.9 Å². The molecule has 0 unspecified atom stereocenters. The summed E-state index contributed by atoms with van der Waals surface area (Å²) in [6.45, 7) is 2.05.